The van der Waals surface area contributed by atoms with E-state index in [1.807, 2.05) is 20.8 Å². The molecule has 3 aliphatic carbocycles. The van der Waals surface area contributed by atoms with Crippen molar-refractivity contribution in [3.8, 4) is 0 Å². The second-order valence-electron chi connectivity index (χ2n) is 30.6. The Morgan fingerprint density at radius 1 is 0.606 bits per heavy atom. The molecule has 7 fully saturated rings. The molecule has 7 rings (SSSR count). The molecule has 0 aromatic rings. The number of alkyl halides is 4. The third-order valence-electron chi connectivity index (χ3n) is 22.8. The predicted molar refractivity (Wildman–Crippen MR) is 365 cm³/mol. The molecule has 7 aliphatic rings. The summed E-state index contributed by atoms with van der Waals surface area (Å²) in [7, 11) is 7.22. The van der Waals surface area contributed by atoms with Crippen LogP contribution in [0.4, 0.5) is 13.2 Å². The number of hydrogen-bond acceptors (Lipinski definition) is 12. The van der Waals surface area contributed by atoms with Crippen LogP contribution in [0.1, 0.15) is 203 Å². The average Bonchev–Trinajstić information content (AvgIpc) is 1.55. The lowest BCUT2D eigenvalue weighted by atomic mass is 9.78. The van der Waals surface area contributed by atoms with Crippen molar-refractivity contribution in [3.05, 3.63) is 0 Å². The molecule has 3 unspecified atom stereocenters. The van der Waals surface area contributed by atoms with Crippen LogP contribution in [0, 0.1) is 35.5 Å². The van der Waals surface area contributed by atoms with Crippen molar-refractivity contribution >= 4 is 82.5 Å². The van der Waals surface area contributed by atoms with Crippen molar-refractivity contribution in [2.75, 3.05) is 68.0 Å². The number of nitrogens with one attached hydrogen (secondary N) is 4. The molecule has 0 aromatic carbocycles. The second-order valence-corrected chi connectivity index (χ2v) is 31.2. The number of amides is 12. The first-order valence-electron chi connectivity index (χ1n) is 36.8. The Labute approximate surface area is 588 Å². The standard InChI is InChI=1S/C71H114ClF3N12O12/c1-13-44(6)58-68(98)81(9)45(7)63(93)87-36-30-53(87)67(97)83(11)55(39-46-23-16-14-17-24-46)66(96)80(8)41-56(88)76-50(29-27-47-26-28-48(49(72)38-47)71(73,74)75)65(95)86-35-22-25-52(86)61(91)79-70(31-18-19-32-70)69(99)84(12)59(43(4)5)62(92)77-51(64(94)85-33-20-15-21-34-85)40-57(89)82(10)54(37-42(2)3)60(90)78-58/h42-55,58-59H,13-41H2,1-12H3,(H,76,88)(H,77,92)(H,78,90)(H,79,91)/t44-,45-,47?,48?,49?,50-,51-,52-,53-,54-,55-,58-,59-/m0/s1. The van der Waals surface area contributed by atoms with Crippen LogP contribution in [0.5, 0.6) is 0 Å². The van der Waals surface area contributed by atoms with Crippen molar-refractivity contribution in [3.63, 3.8) is 0 Å². The van der Waals surface area contributed by atoms with Gasteiger partial charge in [-0.3, -0.25) is 57.5 Å². The lowest BCUT2D eigenvalue weighted by molar-refractivity contribution is -0.182. The first kappa shape index (κ1) is 80.0. The van der Waals surface area contributed by atoms with Gasteiger partial charge in [-0.25, -0.2) is 0 Å². The molecule has 3 saturated carbocycles. The summed E-state index contributed by atoms with van der Waals surface area (Å²) in [5.74, 6) is -10.9. The van der Waals surface area contributed by atoms with Gasteiger partial charge in [-0.2, -0.15) is 13.2 Å². The number of nitrogens with zero attached hydrogens (tertiary/aromatic N) is 8. The van der Waals surface area contributed by atoms with Crippen LogP contribution in [0.2, 0.25) is 0 Å². The zero-order chi connectivity index (χ0) is 73.1. The summed E-state index contributed by atoms with van der Waals surface area (Å²) in [4.78, 5) is 189. The van der Waals surface area contributed by atoms with E-state index in [0.29, 0.717) is 51.6 Å². The number of fused-ring (bicyclic) bond motifs is 2. The SMILES string of the molecule is CC[C@H](C)[C@@H]1NC(=O)[C@H](CC(C)C)N(C)C(=O)C[C@@H](C(=O)N2CCCCC2)NC(=O)[C@H](C(C)C)N(C)C(=O)C2(CCCC2)NC(=O)[C@@H]2CCCN2C(=O)[C@H](CCC2CCC(C(F)(F)F)C(Cl)C2)NC(=O)CN(C)C(=O)[C@H](CC2CCCCC2)N(C)C(=O)[C@@H]2CCN2C(=O)[C@H](C)N(C)C1=O. The molecular weight excluding hydrogens is 1310 g/mol. The Kier molecular flexibility index (Phi) is 28.3. The maximum atomic E-state index is 15.3. The molecule has 4 N–H and O–H groups in total. The highest BCUT2D eigenvalue weighted by Gasteiger charge is 2.52. The summed E-state index contributed by atoms with van der Waals surface area (Å²) in [5.41, 5.74) is -1.56. The zero-order valence-electron chi connectivity index (χ0n) is 60.7. The lowest BCUT2D eigenvalue weighted by Gasteiger charge is -2.45. The molecule has 0 bridgehead atoms. The van der Waals surface area contributed by atoms with Gasteiger partial charge in [-0.05, 0) is 133 Å². The largest absolute Gasteiger partial charge is 0.393 e. The van der Waals surface area contributed by atoms with Gasteiger partial charge in [0.25, 0.3) is 0 Å². The average molecular weight is 1420 g/mol. The smallest absolute Gasteiger partial charge is 0.343 e. The van der Waals surface area contributed by atoms with Gasteiger partial charge in [0.05, 0.1) is 18.9 Å². The van der Waals surface area contributed by atoms with Crippen molar-refractivity contribution in [1.29, 1.82) is 0 Å². The minimum atomic E-state index is -4.51. The van der Waals surface area contributed by atoms with E-state index in [0.717, 1.165) is 38.5 Å². The van der Waals surface area contributed by atoms with E-state index < -0.39 is 173 Å². The fourth-order valence-electron chi connectivity index (χ4n) is 16.2. The number of carbonyl (C=O) groups excluding carboxylic acids is 12. The molecule has 4 saturated heterocycles. The highest BCUT2D eigenvalue weighted by molar-refractivity contribution is 6.21. The maximum Gasteiger partial charge on any atom is 0.393 e. The summed E-state index contributed by atoms with van der Waals surface area (Å²) in [6.07, 6.45) is 4.53. The number of likely N-dealkylation sites (N-methyl/N-ethyl adjacent to an activating group) is 5. The molecule has 0 aromatic heterocycles. The molecule has 0 radical (unpaired) electrons. The van der Waals surface area contributed by atoms with Crippen molar-refractivity contribution in [2.45, 2.75) is 274 Å². The van der Waals surface area contributed by atoms with Crippen molar-refractivity contribution < 1.29 is 70.7 Å². The van der Waals surface area contributed by atoms with Gasteiger partial charge in [0.2, 0.25) is 70.9 Å². The van der Waals surface area contributed by atoms with Gasteiger partial charge >= 0.3 is 6.18 Å². The first-order chi connectivity index (χ1) is 46.6. The minimum absolute atomic E-state index is 0.000821. The summed E-state index contributed by atoms with van der Waals surface area (Å²) in [6.45, 7) is 12.7. The highest BCUT2D eigenvalue weighted by atomic mass is 35.5. The van der Waals surface area contributed by atoms with Gasteiger partial charge in [0, 0.05) is 66.8 Å². The van der Waals surface area contributed by atoms with Crippen LogP contribution in [0.25, 0.3) is 0 Å². The Morgan fingerprint density at radius 3 is 1.83 bits per heavy atom. The quantitative estimate of drug-likeness (QED) is 0.180. The fourth-order valence-corrected chi connectivity index (χ4v) is 16.8. The summed E-state index contributed by atoms with van der Waals surface area (Å²) >= 11 is 6.40. The monoisotopic (exact) mass is 1420 g/mol. The Bertz CT molecular complexity index is 2910. The van der Waals surface area contributed by atoms with Gasteiger partial charge in [0.15, 0.2) is 0 Å². The molecule has 24 nitrogen and oxygen atoms in total. The Hall–Kier alpha value is -6.28. The zero-order valence-corrected chi connectivity index (χ0v) is 61.5. The number of rotatable bonds is 11. The van der Waals surface area contributed by atoms with E-state index >= 15 is 19.2 Å². The van der Waals surface area contributed by atoms with Crippen molar-refractivity contribution in [1.82, 2.24) is 60.5 Å². The van der Waals surface area contributed by atoms with E-state index in [9.17, 15) is 51.5 Å². The molecule has 1 spiro atoms. The van der Waals surface area contributed by atoms with Gasteiger partial charge in [-0.15, -0.1) is 11.6 Å². The maximum absolute atomic E-state index is 15.3. The van der Waals surface area contributed by atoms with Crippen LogP contribution in [-0.2, 0) is 57.5 Å². The normalized spacial score (nSPS) is 31.1. The summed E-state index contributed by atoms with van der Waals surface area (Å²) in [5, 5.41) is 10.4. The number of likely N-dealkylation sites (tertiary alicyclic amines) is 1. The number of carbonyl (C=O) groups is 12. The topological polar surface area (TPSA) is 279 Å². The number of halogens is 4. The van der Waals surface area contributed by atoms with Crippen LogP contribution < -0.4 is 21.3 Å². The van der Waals surface area contributed by atoms with Crippen LogP contribution >= 0.6 is 11.6 Å². The third-order valence-corrected chi connectivity index (χ3v) is 23.3. The van der Waals surface area contributed by atoms with Gasteiger partial charge < -0.3 is 60.5 Å². The second kappa shape index (κ2) is 35.1. The molecular formula is C71H114ClF3N12O12. The molecule has 99 heavy (non-hydrogen) atoms. The lowest BCUT2D eigenvalue weighted by Crippen LogP contribution is -2.65. The summed E-state index contributed by atoms with van der Waals surface area (Å²) < 4.78 is 42.0. The van der Waals surface area contributed by atoms with Gasteiger partial charge in [0.1, 0.15) is 59.9 Å². The number of piperidine rings is 1. The van der Waals surface area contributed by atoms with E-state index in [-0.39, 0.29) is 101 Å². The van der Waals surface area contributed by atoms with Crippen molar-refractivity contribution in [2.24, 2.45) is 35.5 Å². The third kappa shape index (κ3) is 19.5. The number of hydrogen-bond donors (Lipinski definition) is 4. The van der Waals surface area contributed by atoms with Crippen LogP contribution in [-0.4, -0.2) is 250 Å². The Morgan fingerprint density at radius 2 is 1.24 bits per heavy atom. The minimum Gasteiger partial charge on any atom is -0.343 e. The van der Waals surface area contributed by atoms with Crippen LogP contribution in [0.15, 0.2) is 0 Å². The molecule has 12 amide bonds. The van der Waals surface area contributed by atoms with Crippen LogP contribution in [0.3, 0.4) is 0 Å². The van der Waals surface area contributed by atoms with E-state index in [1.54, 1.807) is 25.7 Å². The van der Waals surface area contributed by atoms with E-state index in [1.165, 1.54) is 76.5 Å². The molecule has 558 valence electrons. The Balaban J connectivity index is 1.26. The first-order valence-corrected chi connectivity index (χ1v) is 37.2. The predicted octanol–water partition coefficient (Wildman–Crippen LogP) is 5.75. The van der Waals surface area contributed by atoms with E-state index in [4.69, 9.17) is 11.6 Å². The summed E-state index contributed by atoms with van der Waals surface area (Å²) in [6, 6.07) is -10.9. The fraction of sp³-hybridized carbons (Fsp3) is 0.831. The molecule has 28 heteroatoms. The molecule has 4 aliphatic heterocycles. The highest BCUT2D eigenvalue weighted by Crippen LogP contribution is 2.44. The van der Waals surface area contributed by atoms with E-state index in [2.05, 4.69) is 21.3 Å². The molecule has 4 heterocycles. The van der Waals surface area contributed by atoms with Gasteiger partial charge in [-0.1, -0.05) is 92.9 Å². The molecule has 13 atom stereocenters.